The maximum atomic E-state index is 6.33. The van der Waals surface area contributed by atoms with Gasteiger partial charge in [-0.25, -0.2) is 0 Å². The van der Waals surface area contributed by atoms with Crippen molar-refractivity contribution in [1.82, 2.24) is 9.80 Å². The van der Waals surface area contributed by atoms with Gasteiger partial charge in [-0.05, 0) is 0 Å². The molecule has 0 atom stereocenters. The van der Waals surface area contributed by atoms with E-state index in [1.807, 2.05) is 0 Å². The summed E-state index contributed by atoms with van der Waals surface area (Å²) in [5, 5.41) is 0. The first-order chi connectivity index (χ1) is 40.1. The van der Waals surface area contributed by atoms with Crippen molar-refractivity contribution in [1.29, 1.82) is 0 Å². The van der Waals surface area contributed by atoms with Crippen LogP contribution >= 0.6 is 41.1 Å². The molecular formula is C74H148N2PbS4. The van der Waals surface area contributed by atoms with Crippen LogP contribution in [-0.2, 0) is 0 Å². The van der Waals surface area contributed by atoms with Crippen molar-refractivity contribution in [2.75, 3.05) is 26.2 Å². The molecule has 81 heavy (non-hydrogen) atoms. The summed E-state index contributed by atoms with van der Waals surface area (Å²) in [6.07, 6.45) is 91.6. The zero-order valence-corrected chi connectivity index (χ0v) is 63.3. The van der Waals surface area contributed by atoms with Gasteiger partial charge in [0.1, 0.15) is 0 Å². The molecule has 0 unspecified atom stereocenters. The van der Waals surface area contributed by atoms with Crippen LogP contribution in [-0.4, -0.2) is 65.9 Å². The first kappa shape index (κ1) is 82.4. The molecule has 0 aliphatic rings. The second-order valence-corrected chi connectivity index (χ2v) is 39.7. The molecule has 0 spiro atoms. The topological polar surface area (TPSA) is 6.48 Å². The Kier molecular flexibility index (Phi) is 75.1. The van der Waals surface area contributed by atoms with E-state index in [-0.39, 0.29) is 0 Å². The van der Waals surface area contributed by atoms with Crippen molar-refractivity contribution in [3.63, 3.8) is 0 Å². The molecule has 2 nitrogen and oxygen atoms in total. The molecule has 0 N–H and O–H groups in total. The van der Waals surface area contributed by atoms with Gasteiger partial charge in [-0.3, -0.25) is 0 Å². The van der Waals surface area contributed by atoms with Crippen LogP contribution in [0.2, 0.25) is 0 Å². The van der Waals surface area contributed by atoms with Crippen LogP contribution in [0.1, 0.15) is 439 Å². The number of hydrogen-bond acceptors (Lipinski definition) is 4. The summed E-state index contributed by atoms with van der Waals surface area (Å²) in [4.78, 5) is 5.32. The molecule has 482 valence electrons. The molecule has 2 radical (unpaired) electrons. The number of rotatable bonds is 70. The first-order valence-electron chi connectivity index (χ1n) is 37.8. The van der Waals surface area contributed by atoms with Gasteiger partial charge in [0.2, 0.25) is 0 Å². The van der Waals surface area contributed by atoms with Crippen LogP contribution in [0.15, 0.2) is 0 Å². The van der Waals surface area contributed by atoms with Crippen molar-refractivity contribution in [2.24, 2.45) is 0 Å². The summed E-state index contributed by atoms with van der Waals surface area (Å²) in [5.41, 5.74) is 0. The molecule has 0 aromatic carbocycles. The van der Waals surface area contributed by atoms with Crippen LogP contribution in [0, 0.1) is 0 Å². The third kappa shape index (κ3) is 67.2. The molecule has 0 saturated heterocycles. The minimum Gasteiger partial charge on any atom is -0.0654 e. The van der Waals surface area contributed by atoms with Crippen molar-refractivity contribution >= 4 is 70.9 Å². The Labute approximate surface area is 541 Å². The van der Waals surface area contributed by atoms with Crippen molar-refractivity contribution in [2.45, 2.75) is 439 Å². The molecule has 0 rings (SSSR count). The Morgan fingerprint density at radius 2 is 0.309 bits per heavy atom. The van der Waals surface area contributed by atoms with Gasteiger partial charge in [-0.15, -0.1) is 0 Å². The second-order valence-electron chi connectivity index (χ2n) is 26.0. The number of thiocarbonyl (C=S) groups is 2. The fourth-order valence-corrected chi connectivity index (χ4v) is 28.8. The minimum absolute atomic E-state index is 1.13. The van der Waals surface area contributed by atoms with Gasteiger partial charge in [-0.1, -0.05) is 233 Å². The molecule has 7 heteroatoms. The summed E-state index contributed by atoms with van der Waals surface area (Å²) in [5.74, 6) is 0. The average Bonchev–Trinajstić information content (AvgIpc) is 3.47. The standard InChI is InChI=1S/2C37H75NS2.Pb/c2*1-3-5-7-9-11-13-15-17-19-21-23-25-27-29-31-33-35-38(37(39)40)36-34-32-30-28-26-24-22-20-18-16-14-12-10-8-6-4-2;/h2*3-36H2,1-2H3,(H,39,40);/q;;+2/p-2. The molecule has 0 aromatic rings. The van der Waals surface area contributed by atoms with Gasteiger partial charge in [0.05, 0.1) is 0 Å². The summed E-state index contributed by atoms with van der Waals surface area (Å²) >= 11 is 11.5. The molecule has 0 aromatic heterocycles. The zero-order valence-electron chi connectivity index (χ0n) is 56.1. The van der Waals surface area contributed by atoms with E-state index in [4.69, 9.17) is 24.4 Å². The van der Waals surface area contributed by atoms with Gasteiger partial charge in [0, 0.05) is 0 Å². The normalized spacial score (nSPS) is 11.6. The van der Waals surface area contributed by atoms with E-state index < -0.39 is 21.2 Å². The average molecular weight is 1400 g/mol. The number of hydrogen-bond donors (Lipinski definition) is 0. The van der Waals surface area contributed by atoms with Gasteiger partial charge in [0.15, 0.2) is 0 Å². The summed E-state index contributed by atoms with van der Waals surface area (Å²) < 4.78 is 2.44. The minimum atomic E-state index is -1.13. The number of nitrogens with zero attached hydrogens (tertiary/aromatic N) is 2. The van der Waals surface area contributed by atoms with Crippen molar-refractivity contribution < 1.29 is 0 Å². The third-order valence-corrected chi connectivity index (χ3v) is 34.2. The smallest absolute Gasteiger partial charge is 0.0654 e. The monoisotopic (exact) mass is 1400 g/mol. The fraction of sp³-hybridized carbons (Fsp3) is 0.973. The number of unbranched alkanes of at least 4 members (excludes halogenated alkanes) is 60. The Morgan fingerprint density at radius 1 is 0.198 bits per heavy atom. The van der Waals surface area contributed by atoms with Crippen molar-refractivity contribution in [3.8, 4) is 0 Å². The second kappa shape index (κ2) is 73.9. The van der Waals surface area contributed by atoms with Gasteiger partial charge >= 0.3 is 312 Å². The van der Waals surface area contributed by atoms with E-state index in [9.17, 15) is 0 Å². The van der Waals surface area contributed by atoms with E-state index in [1.165, 1.54) is 446 Å². The quantitative estimate of drug-likeness (QED) is 0.0338. The predicted molar refractivity (Wildman–Crippen MR) is 387 cm³/mol. The molecule has 0 bridgehead atoms. The Balaban J connectivity index is 4.93. The zero-order chi connectivity index (χ0) is 58.5. The van der Waals surface area contributed by atoms with Crippen LogP contribution in [0.3, 0.4) is 0 Å². The first-order valence-corrected chi connectivity index (χ1v) is 49.7. The Bertz CT molecular complexity index is 1030. The van der Waals surface area contributed by atoms with Crippen LogP contribution in [0.25, 0.3) is 0 Å². The molecule has 0 heterocycles. The van der Waals surface area contributed by atoms with Crippen LogP contribution in [0.5, 0.6) is 0 Å². The SMILES string of the molecule is CCCCCCCCCCCCCCCCCCN(CCCCCCCCCCCCCCCCCC)C(=S)[S][Pb][S]C(=S)N(CCCCCCCCCCCCCCCCCC)CCCCCCCCCCCCCCCCCC. The van der Waals surface area contributed by atoms with Gasteiger partial charge < -0.3 is 0 Å². The predicted octanol–water partition coefficient (Wildman–Crippen LogP) is 28.2. The van der Waals surface area contributed by atoms with E-state index in [0.29, 0.717) is 0 Å². The fourth-order valence-electron chi connectivity index (χ4n) is 12.2. The summed E-state index contributed by atoms with van der Waals surface area (Å²) in [7, 11) is 4.22. The Hall–Kier alpha value is 1.40. The van der Waals surface area contributed by atoms with Gasteiger partial charge in [0.25, 0.3) is 0 Å². The van der Waals surface area contributed by atoms with Gasteiger partial charge in [-0.2, -0.15) is 0 Å². The Morgan fingerprint density at radius 3 is 0.432 bits per heavy atom. The molecule has 0 saturated carbocycles. The molecular weight excluding hydrogens is 1250 g/mol. The summed E-state index contributed by atoms with van der Waals surface area (Å²) in [6.45, 7) is 14.0. The van der Waals surface area contributed by atoms with E-state index in [1.54, 1.807) is 0 Å². The van der Waals surface area contributed by atoms with E-state index >= 15 is 0 Å². The van der Waals surface area contributed by atoms with E-state index in [0.717, 1.165) is 0 Å². The van der Waals surface area contributed by atoms with E-state index in [2.05, 4.69) is 54.1 Å². The molecule has 0 aliphatic carbocycles. The molecule has 0 amide bonds. The van der Waals surface area contributed by atoms with Crippen molar-refractivity contribution in [3.05, 3.63) is 0 Å². The molecule has 0 aliphatic heterocycles. The maximum absolute atomic E-state index is 6.33. The van der Waals surface area contributed by atoms with Crippen LogP contribution in [0.4, 0.5) is 0 Å². The third-order valence-electron chi connectivity index (χ3n) is 17.9. The summed E-state index contributed by atoms with van der Waals surface area (Å²) in [6, 6.07) is 0. The van der Waals surface area contributed by atoms with Crippen LogP contribution < -0.4 is 0 Å². The molecule has 0 fully saturated rings.